The van der Waals surface area contributed by atoms with Gasteiger partial charge in [-0.3, -0.25) is 9.69 Å². The summed E-state index contributed by atoms with van der Waals surface area (Å²) >= 11 is 0. The molecule has 0 aromatic rings. The molecule has 2 unspecified atom stereocenters. The van der Waals surface area contributed by atoms with Gasteiger partial charge in [0.15, 0.2) is 0 Å². The Labute approximate surface area is 117 Å². The van der Waals surface area contributed by atoms with Crippen molar-refractivity contribution in [2.45, 2.75) is 26.8 Å². The van der Waals surface area contributed by atoms with Crippen molar-refractivity contribution in [1.82, 2.24) is 15.1 Å². The highest BCUT2D eigenvalue weighted by molar-refractivity contribution is 5.78. The number of carbonyl (C=O) groups excluding carboxylic acids is 1. The van der Waals surface area contributed by atoms with E-state index in [1.54, 1.807) is 0 Å². The van der Waals surface area contributed by atoms with Crippen LogP contribution in [0.15, 0.2) is 0 Å². The molecule has 3 N–H and O–H groups in total. The first kappa shape index (κ1) is 16.4. The van der Waals surface area contributed by atoms with E-state index in [1.807, 2.05) is 6.92 Å². The summed E-state index contributed by atoms with van der Waals surface area (Å²) in [6.45, 7) is 11.8. The Kier molecular flexibility index (Phi) is 6.75. The van der Waals surface area contributed by atoms with Crippen molar-refractivity contribution in [1.29, 1.82) is 0 Å². The predicted octanol–water partition coefficient (Wildman–Crippen LogP) is -0.0306. The lowest BCUT2D eigenvalue weighted by Crippen LogP contribution is -2.54. The number of nitrogens with two attached hydrogens (primary N) is 1. The van der Waals surface area contributed by atoms with Gasteiger partial charge in [-0.2, -0.15) is 0 Å². The van der Waals surface area contributed by atoms with Gasteiger partial charge in [0, 0.05) is 51.2 Å². The number of likely N-dealkylation sites (N-methyl/N-ethyl adjacent to an activating group) is 1. The first-order valence-corrected chi connectivity index (χ1v) is 7.36. The summed E-state index contributed by atoms with van der Waals surface area (Å²) in [5, 5.41) is 3.05. The lowest BCUT2D eigenvalue weighted by atomic mass is 10.0. The standard InChI is InChI=1S/C14H30N4O/c1-11(2)13(10-16-14(19)12(3)9-15)18-7-5-17(4)6-8-18/h11-13H,5-10,15H2,1-4H3,(H,16,19). The van der Waals surface area contributed by atoms with Gasteiger partial charge in [-0.05, 0) is 13.0 Å². The Morgan fingerprint density at radius 1 is 1.21 bits per heavy atom. The van der Waals surface area contributed by atoms with Crippen LogP contribution in [0.25, 0.3) is 0 Å². The second-order valence-electron chi connectivity index (χ2n) is 6.03. The summed E-state index contributed by atoms with van der Waals surface area (Å²) in [5.41, 5.74) is 5.52. The van der Waals surface area contributed by atoms with E-state index in [2.05, 4.69) is 36.0 Å². The normalized spacial score (nSPS) is 21.4. The maximum Gasteiger partial charge on any atom is 0.224 e. The van der Waals surface area contributed by atoms with Crippen LogP contribution < -0.4 is 11.1 Å². The summed E-state index contributed by atoms with van der Waals surface area (Å²) in [6, 6.07) is 0.419. The summed E-state index contributed by atoms with van der Waals surface area (Å²) < 4.78 is 0. The molecule has 0 aromatic carbocycles. The Bertz CT molecular complexity index is 275. The second-order valence-corrected chi connectivity index (χ2v) is 6.03. The minimum atomic E-state index is -0.0969. The average molecular weight is 270 g/mol. The molecule has 5 heteroatoms. The number of rotatable bonds is 6. The summed E-state index contributed by atoms with van der Waals surface area (Å²) in [4.78, 5) is 16.7. The molecule has 1 amide bonds. The number of nitrogens with one attached hydrogen (secondary N) is 1. The van der Waals surface area contributed by atoms with Gasteiger partial charge < -0.3 is 16.0 Å². The van der Waals surface area contributed by atoms with Crippen molar-refractivity contribution < 1.29 is 4.79 Å². The molecule has 1 fully saturated rings. The van der Waals surface area contributed by atoms with E-state index in [1.165, 1.54) is 0 Å². The van der Waals surface area contributed by atoms with Gasteiger partial charge in [0.25, 0.3) is 0 Å². The van der Waals surface area contributed by atoms with Gasteiger partial charge in [-0.25, -0.2) is 0 Å². The van der Waals surface area contributed by atoms with Crippen molar-refractivity contribution in [2.24, 2.45) is 17.6 Å². The lowest BCUT2D eigenvalue weighted by molar-refractivity contribution is -0.124. The fourth-order valence-corrected chi connectivity index (χ4v) is 2.43. The largest absolute Gasteiger partial charge is 0.354 e. The minimum Gasteiger partial charge on any atom is -0.354 e. The highest BCUT2D eigenvalue weighted by Gasteiger charge is 2.25. The molecule has 0 aliphatic carbocycles. The molecule has 112 valence electrons. The molecule has 0 radical (unpaired) electrons. The van der Waals surface area contributed by atoms with Gasteiger partial charge in [-0.15, -0.1) is 0 Å². The summed E-state index contributed by atoms with van der Waals surface area (Å²) in [7, 11) is 2.16. The topological polar surface area (TPSA) is 61.6 Å². The molecular formula is C14H30N4O. The van der Waals surface area contributed by atoms with Gasteiger partial charge in [0.2, 0.25) is 5.91 Å². The molecule has 2 atom stereocenters. The van der Waals surface area contributed by atoms with Gasteiger partial charge >= 0.3 is 0 Å². The van der Waals surface area contributed by atoms with E-state index < -0.39 is 0 Å². The summed E-state index contributed by atoms with van der Waals surface area (Å²) in [5.74, 6) is 0.513. The van der Waals surface area contributed by atoms with Gasteiger partial charge in [0.1, 0.15) is 0 Å². The number of hydrogen-bond donors (Lipinski definition) is 2. The van der Waals surface area contributed by atoms with Gasteiger partial charge in [0.05, 0.1) is 0 Å². The van der Waals surface area contributed by atoms with E-state index in [9.17, 15) is 4.79 Å². The maximum atomic E-state index is 11.8. The number of piperazine rings is 1. The average Bonchev–Trinajstić information content (AvgIpc) is 2.39. The fourth-order valence-electron chi connectivity index (χ4n) is 2.43. The first-order chi connectivity index (χ1) is 8.95. The SMILES string of the molecule is CC(CN)C(=O)NCC(C(C)C)N1CCN(C)CC1. The Morgan fingerprint density at radius 3 is 2.26 bits per heavy atom. The van der Waals surface area contributed by atoms with Crippen LogP contribution in [0, 0.1) is 11.8 Å². The van der Waals surface area contributed by atoms with E-state index in [0.29, 0.717) is 18.5 Å². The molecule has 19 heavy (non-hydrogen) atoms. The molecule has 1 heterocycles. The van der Waals surface area contributed by atoms with Crippen LogP contribution in [0.5, 0.6) is 0 Å². The van der Waals surface area contributed by atoms with Crippen LogP contribution in [0.2, 0.25) is 0 Å². The Balaban J connectivity index is 2.47. The molecule has 0 saturated carbocycles. The van der Waals surface area contributed by atoms with Crippen LogP contribution in [0.4, 0.5) is 0 Å². The third-order valence-corrected chi connectivity index (χ3v) is 4.06. The third kappa shape index (κ3) is 5.09. The molecule has 0 bridgehead atoms. The fraction of sp³-hybridized carbons (Fsp3) is 0.929. The molecule has 5 nitrogen and oxygen atoms in total. The quantitative estimate of drug-likeness (QED) is 0.711. The molecule has 0 aromatic heterocycles. The van der Waals surface area contributed by atoms with Crippen LogP contribution in [0.3, 0.4) is 0 Å². The monoisotopic (exact) mass is 270 g/mol. The second kappa shape index (κ2) is 7.82. The molecule has 1 aliphatic heterocycles. The highest BCUT2D eigenvalue weighted by Crippen LogP contribution is 2.13. The van der Waals surface area contributed by atoms with Crippen LogP contribution in [0.1, 0.15) is 20.8 Å². The molecule has 1 rings (SSSR count). The number of amides is 1. The molecule has 1 aliphatic rings. The Hall–Kier alpha value is -0.650. The zero-order valence-electron chi connectivity index (χ0n) is 12.9. The first-order valence-electron chi connectivity index (χ1n) is 7.36. The van der Waals surface area contributed by atoms with Crippen molar-refractivity contribution in [3.05, 3.63) is 0 Å². The van der Waals surface area contributed by atoms with Crippen molar-refractivity contribution in [3.63, 3.8) is 0 Å². The number of carbonyl (C=O) groups is 1. The zero-order chi connectivity index (χ0) is 14.4. The van der Waals surface area contributed by atoms with E-state index in [0.717, 1.165) is 32.7 Å². The predicted molar refractivity (Wildman–Crippen MR) is 78.9 cm³/mol. The smallest absolute Gasteiger partial charge is 0.224 e. The van der Waals surface area contributed by atoms with Crippen molar-refractivity contribution in [2.75, 3.05) is 46.3 Å². The molecular weight excluding hydrogens is 240 g/mol. The van der Waals surface area contributed by atoms with Crippen molar-refractivity contribution in [3.8, 4) is 0 Å². The van der Waals surface area contributed by atoms with Crippen LogP contribution >= 0.6 is 0 Å². The third-order valence-electron chi connectivity index (χ3n) is 4.06. The maximum absolute atomic E-state index is 11.8. The van der Waals surface area contributed by atoms with Crippen LogP contribution in [-0.4, -0.2) is 68.1 Å². The van der Waals surface area contributed by atoms with Gasteiger partial charge in [-0.1, -0.05) is 20.8 Å². The number of nitrogens with zero attached hydrogens (tertiary/aromatic N) is 2. The molecule has 0 spiro atoms. The Morgan fingerprint density at radius 2 is 1.79 bits per heavy atom. The van der Waals surface area contributed by atoms with E-state index >= 15 is 0 Å². The van der Waals surface area contributed by atoms with Crippen LogP contribution in [-0.2, 0) is 4.79 Å². The summed E-state index contributed by atoms with van der Waals surface area (Å²) in [6.07, 6.45) is 0. The van der Waals surface area contributed by atoms with E-state index in [-0.39, 0.29) is 11.8 Å². The lowest BCUT2D eigenvalue weighted by Gasteiger charge is -2.40. The number of hydrogen-bond acceptors (Lipinski definition) is 4. The van der Waals surface area contributed by atoms with E-state index in [4.69, 9.17) is 5.73 Å². The zero-order valence-corrected chi connectivity index (χ0v) is 12.9. The highest BCUT2D eigenvalue weighted by atomic mass is 16.1. The molecule has 1 saturated heterocycles. The van der Waals surface area contributed by atoms with Crippen molar-refractivity contribution >= 4 is 5.91 Å². The minimum absolute atomic E-state index is 0.0716.